The molecule has 1 aliphatic heterocycles. The van der Waals surface area contributed by atoms with E-state index in [2.05, 4.69) is 54.2 Å². The minimum Gasteiger partial charge on any atom is -0.496 e. The lowest BCUT2D eigenvalue weighted by Gasteiger charge is -2.12. The molecule has 0 atom stereocenters. The second kappa shape index (κ2) is 7.47. The first-order chi connectivity index (χ1) is 13.2. The predicted molar refractivity (Wildman–Crippen MR) is 110 cm³/mol. The van der Waals surface area contributed by atoms with Gasteiger partial charge in [-0.05, 0) is 56.4 Å². The van der Waals surface area contributed by atoms with E-state index in [1.807, 2.05) is 12.1 Å². The smallest absolute Gasteiger partial charge is 0.133 e. The molecule has 3 aromatic rings. The van der Waals surface area contributed by atoms with Gasteiger partial charge in [-0.1, -0.05) is 30.3 Å². The molecular formula is C23H27N3O. The van der Waals surface area contributed by atoms with Crippen molar-refractivity contribution in [1.82, 2.24) is 9.78 Å². The Kier molecular flexibility index (Phi) is 4.88. The van der Waals surface area contributed by atoms with Crippen molar-refractivity contribution in [2.75, 3.05) is 19.0 Å². The van der Waals surface area contributed by atoms with Gasteiger partial charge in [0.25, 0.3) is 0 Å². The lowest BCUT2D eigenvalue weighted by molar-refractivity contribution is 0.410. The van der Waals surface area contributed by atoms with E-state index >= 15 is 0 Å². The second-order valence-electron chi connectivity index (χ2n) is 7.35. The van der Waals surface area contributed by atoms with Crippen LogP contribution in [0.2, 0.25) is 0 Å². The summed E-state index contributed by atoms with van der Waals surface area (Å²) >= 11 is 0. The van der Waals surface area contributed by atoms with Crippen molar-refractivity contribution >= 4 is 5.82 Å². The largest absolute Gasteiger partial charge is 0.496 e. The van der Waals surface area contributed by atoms with E-state index in [-0.39, 0.29) is 0 Å². The molecular weight excluding hydrogens is 334 g/mol. The fourth-order valence-electron chi connectivity index (χ4n) is 3.87. The molecule has 2 heterocycles. The lowest BCUT2D eigenvalue weighted by atomic mass is 10.0. The first kappa shape index (κ1) is 17.7. The van der Waals surface area contributed by atoms with Crippen molar-refractivity contribution < 1.29 is 4.74 Å². The molecule has 4 heteroatoms. The average molecular weight is 361 g/mol. The van der Waals surface area contributed by atoms with Gasteiger partial charge >= 0.3 is 0 Å². The Morgan fingerprint density at radius 1 is 1.11 bits per heavy atom. The van der Waals surface area contributed by atoms with Gasteiger partial charge in [-0.25, -0.2) is 4.68 Å². The zero-order valence-electron chi connectivity index (χ0n) is 16.4. The Balaban J connectivity index is 1.83. The number of benzene rings is 2. The molecule has 0 saturated carbocycles. The number of hydrogen-bond donors (Lipinski definition) is 1. The topological polar surface area (TPSA) is 39.1 Å². The van der Waals surface area contributed by atoms with Gasteiger partial charge in [0.1, 0.15) is 11.6 Å². The van der Waals surface area contributed by atoms with Crippen LogP contribution in [-0.4, -0.2) is 23.4 Å². The molecule has 27 heavy (non-hydrogen) atoms. The molecule has 4 rings (SSSR count). The quantitative estimate of drug-likeness (QED) is 0.723. The Bertz CT molecular complexity index is 958. The van der Waals surface area contributed by atoms with Crippen molar-refractivity contribution in [1.29, 1.82) is 0 Å². The van der Waals surface area contributed by atoms with Crippen LogP contribution in [0.15, 0.2) is 42.5 Å². The zero-order chi connectivity index (χ0) is 18.8. The number of para-hydroxylation sites is 1. The molecule has 0 radical (unpaired) electrons. The van der Waals surface area contributed by atoms with Crippen LogP contribution in [0.25, 0.3) is 5.69 Å². The molecule has 0 aliphatic carbocycles. The third-order valence-electron chi connectivity index (χ3n) is 5.36. The summed E-state index contributed by atoms with van der Waals surface area (Å²) in [6.45, 7) is 5.28. The maximum atomic E-state index is 5.56. The molecule has 0 amide bonds. The van der Waals surface area contributed by atoms with E-state index in [0.29, 0.717) is 0 Å². The maximum absolute atomic E-state index is 5.56. The average Bonchev–Trinajstić information content (AvgIpc) is 2.85. The summed E-state index contributed by atoms with van der Waals surface area (Å²) in [7, 11) is 1.73. The third kappa shape index (κ3) is 3.44. The van der Waals surface area contributed by atoms with E-state index in [4.69, 9.17) is 9.84 Å². The highest BCUT2D eigenvalue weighted by Crippen LogP contribution is 2.32. The number of aromatic nitrogens is 2. The van der Waals surface area contributed by atoms with Gasteiger partial charge in [-0.15, -0.1) is 0 Å². The summed E-state index contributed by atoms with van der Waals surface area (Å²) < 4.78 is 7.68. The fourth-order valence-corrected chi connectivity index (χ4v) is 3.87. The number of aryl methyl sites for hydroxylation is 2. The van der Waals surface area contributed by atoms with E-state index in [9.17, 15) is 0 Å². The maximum Gasteiger partial charge on any atom is 0.133 e. The van der Waals surface area contributed by atoms with Crippen LogP contribution in [0.3, 0.4) is 0 Å². The van der Waals surface area contributed by atoms with Crippen molar-refractivity contribution in [3.8, 4) is 11.4 Å². The molecule has 140 valence electrons. The van der Waals surface area contributed by atoms with Crippen molar-refractivity contribution in [2.24, 2.45) is 0 Å². The minimum atomic E-state index is 0.784. The van der Waals surface area contributed by atoms with Crippen molar-refractivity contribution in [3.05, 3.63) is 70.4 Å². The molecule has 0 spiro atoms. The number of hydrogen-bond acceptors (Lipinski definition) is 3. The van der Waals surface area contributed by atoms with Crippen LogP contribution >= 0.6 is 0 Å². The van der Waals surface area contributed by atoms with E-state index in [0.717, 1.165) is 42.3 Å². The lowest BCUT2D eigenvalue weighted by Crippen LogP contribution is -2.08. The van der Waals surface area contributed by atoms with Crippen LogP contribution in [-0.2, 0) is 12.8 Å². The Morgan fingerprint density at radius 3 is 2.81 bits per heavy atom. The Morgan fingerprint density at radius 2 is 1.96 bits per heavy atom. The van der Waals surface area contributed by atoms with Crippen molar-refractivity contribution in [2.45, 2.75) is 39.5 Å². The van der Waals surface area contributed by atoms with E-state index in [1.165, 1.54) is 35.1 Å². The summed E-state index contributed by atoms with van der Waals surface area (Å²) in [5.74, 6) is 2.08. The van der Waals surface area contributed by atoms with Gasteiger partial charge in [0.2, 0.25) is 0 Å². The molecule has 2 aromatic carbocycles. The highest BCUT2D eigenvalue weighted by molar-refractivity contribution is 5.57. The number of nitrogens with one attached hydrogen (secondary N) is 1. The standard InChI is InChI=1S/C23H27N3O/c1-16-11-12-17(2)21(14-16)26-23-19(9-6-7-13-24-23)20(25-26)15-18-8-4-5-10-22(18)27-3/h4-5,8,10-12,14,24H,6-7,9,13,15H2,1-3H3. The number of ether oxygens (including phenoxy) is 1. The van der Waals surface area contributed by atoms with Gasteiger partial charge in [0.15, 0.2) is 0 Å². The first-order valence-corrected chi connectivity index (χ1v) is 9.71. The summed E-state index contributed by atoms with van der Waals surface area (Å²) in [5, 5.41) is 8.72. The van der Waals surface area contributed by atoms with E-state index < -0.39 is 0 Å². The summed E-state index contributed by atoms with van der Waals surface area (Å²) in [6, 6.07) is 14.8. The first-order valence-electron chi connectivity index (χ1n) is 9.71. The predicted octanol–water partition coefficient (Wildman–Crippen LogP) is 4.84. The molecule has 1 N–H and O–H groups in total. The molecule has 4 nitrogen and oxygen atoms in total. The van der Waals surface area contributed by atoms with Gasteiger partial charge < -0.3 is 10.1 Å². The van der Waals surface area contributed by atoms with Crippen LogP contribution in [0.5, 0.6) is 5.75 Å². The van der Waals surface area contributed by atoms with Crippen LogP contribution in [0, 0.1) is 13.8 Å². The molecule has 0 bridgehead atoms. The van der Waals surface area contributed by atoms with Crippen LogP contribution in [0.1, 0.15) is 40.8 Å². The minimum absolute atomic E-state index is 0.784. The van der Waals surface area contributed by atoms with E-state index in [1.54, 1.807) is 7.11 Å². The molecule has 0 fully saturated rings. The number of nitrogens with zero attached hydrogens (tertiary/aromatic N) is 2. The SMILES string of the molecule is COc1ccccc1Cc1nn(-c2cc(C)ccc2C)c2c1CCCCN2. The Labute approximate surface area is 161 Å². The normalized spacial score (nSPS) is 13.6. The highest BCUT2D eigenvalue weighted by atomic mass is 16.5. The fraction of sp³-hybridized carbons (Fsp3) is 0.348. The van der Waals surface area contributed by atoms with Crippen LogP contribution < -0.4 is 10.1 Å². The summed E-state index contributed by atoms with van der Waals surface area (Å²) in [6.07, 6.45) is 4.23. The number of methoxy groups -OCH3 is 1. The molecule has 0 unspecified atom stereocenters. The van der Waals surface area contributed by atoms with Crippen molar-refractivity contribution in [3.63, 3.8) is 0 Å². The van der Waals surface area contributed by atoms with Crippen LogP contribution in [0.4, 0.5) is 5.82 Å². The second-order valence-corrected chi connectivity index (χ2v) is 7.35. The summed E-state index contributed by atoms with van der Waals surface area (Å²) in [4.78, 5) is 0. The summed E-state index contributed by atoms with van der Waals surface area (Å²) in [5.41, 5.74) is 7.31. The molecule has 1 aliphatic rings. The Hall–Kier alpha value is -2.75. The van der Waals surface area contributed by atoms with Gasteiger partial charge in [0, 0.05) is 24.1 Å². The number of rotatable bonds is 4. The third-order valence-corrected chi connectivity index (χ3v) is 5.36. The highest BCUT2D eigenvalue weighted by Gasteiger charge is 2.22. The molecule has 0 saturated heterocycles. The molecule has 1 aromatic heterocycles. The van der Waals surface area contributed by atoms with Gasteiger partial charge in [0.05, 0.1) is 18.5 Å². The van der Waals surface area contributed by atoms with Gasteiger partial charge in [-0.3, -0.25) is 0 Å². The monoisotopic (exact) mass is 361 g/mol. The zero-order valence-corrected chi connectivity index (χ0v) is 16.4. The number of fused-ring (bicyclic) bond motifs is 1. The van der Waals surface area contributed by atoms with Gasteiger partial charge in [-0.2, -0.15) is 5.10 Å². The number of anilines is 1.